The summed E-state index contributed by atoms with van der Waals surface area (Å²) in [5.74, 6) is 0.126. The number of aromatic nitrogens is 3. The van der Waals surface area contributed by atoms with Gasteiger partial charge < -0.3 is 5.32 Å². The Kier molecular flexibility index (Phi) is 2.60. The second-order valence-corrected chi connectivity index (χ2v) is 4.09. The third-order valence-corrected chi connectivity index (χ3v) is 2.76. The molecule has 18 heavy (non-hydrogen) atoms. The highest BCUT2D eigenvalue weighted by molar-refractivity contribution is 6.29. The Bertz CT molecular complexity index is 710. The molecule has 0 fully saturated rings. The Labute approximate surface area is 107 Å². The maximum absolute atomic E-state index is 13.1. The van der Waals surface area contributed by atoms with Crippen molar-refractivity contribution in [3.05, 3.63) is 53.4 Å². The molecule has 3 rings (SSSR count). The second kappa shape index (κ2) is 4.27. The average Bonchev–Trinajstić information content (AvgIpc) is 2.74. The summed E-state index contributed by atoms with van der Waals surface area (Å²) >= 11 is 6.07. The normalized spacial score (nSPS) is 10.8. The van der Waals surface area contributed by atoms with Gasteiger partial charge in [0.1, 0.15) is 11.0 Å². The van der Waals surface area contributed by atoms with Crippen LogP contribution >= 0.6 is 11.6 Å². The minimum atomic E-state index is -0.320. The van der Waals surface area contributed by atoms with Gasteiger partial charge in [0, 0.05) is 5.69 Å². The molecule has 0 spiro atoms. The van der Waals surface area contributed by atoms with Crippen LogP contribution in [-0.2, 0) is 0 Å². The molecule has 3 aromatic rings. The number of benzene rings is 1. The van der Waals surface area contributed by atoms with Crippen LogP contribution in [0.15, 0.2) is 42.5 Å². The smallest absolute Gasteiger partial charge is 0.234 e. The summed E-state index contributed by atoms with van der Waals surface area (Å²) in [4.78, 5) is 0. The van der Waals surface area contributed by atoms with E-state index in [4.69, 9.17) is 11.6 Å². The SMILES string of the molecule is Fc1cccc(Nc2nnc3cccc(Cl)n23)c1. The van der Waals surface area contributed by atoms with E-state index in [-0.39, 0.29) is 5.82 Å². The molecule has 1 N–H and O–H groups in total. The Morgan fingerprint density at radius 3 is 2.78 bits per heavy atom. The van der Waals surface area contributed by atoms with Gasteiger partial charge in [-0.05, 0) is 30.3 Å². The average molecular weight is 263 g/mol. The van der Waals surface area contributed by atoms with Gasteiger partial charge in [-0.3, -0.25) is 4.40 Å². The molecule has 2 aromatic heterocycles. The molecule has 0 radical (unpaired) electrons. The van der Waals surface area contributed by atoms with Crippen LogP contribution in [0.5, 0.6) is 0 Å². The molecular formula is C12H8ClFN4. The summed E-state index contributed by atoms with van der Waals surface area (Å²) in [6.07, 6.45) is 0. The zero-order chi connectivity index (χ0) is 12.5. The summed E-state index contributed by atoms with van der Waals surface area (Å²) in [6.45, 7) is 0. The molecule has 4 nitrogen and oxygen atoms in total. The molecule has 0 bridgehead atoms. The van der Waals surface area contributed by atoms with Crippen LogP contribution in [0.2, 0.25) is 5.15 Å². The lowest BCUT2D eigenvalue weighted by Crippen LogP contribution is -1.97. The first-order valence-electron chi connectivity index (χ1n) is 5.26. The topological polar surface area (TPSA) is 42.2 Å². The molecule has 0 atom stereocenters. The number of fused-ring (bicyclic) bond motifs is 1. The lowest BCUT2D eigenvalue weighted by Gasteiger charge is -2.05. The Morgan fingerprint density at radius 2 is 1.94 bits per heavy atom. The molecular weight excluding hydrogens is 255 g/mol. The molecule has 0 aliphatic rings. The fourth-order valence-corrected chi connectivity index (χ4v) is 1.92. The van der Waals surface area contributed by atoms with Gasteiger partial charge in [0.15, 0.2) is 5.65 Å². The molecule has 0 saturated heterocycles. The highest BCUT2D eigenvalue weighted by atomic mass is 35.5. The van der Waals surface area contributed by atoms with Crippen molar-refractivity contribution in [1.29, 1.82) is 0 Å². The van der Waals surface area contributed by atoms with Gasteiger partial charge in [0.2, 0.25) is 5.95 Å². The van der Waals surface area contributed by atoms with E-state index in [0.717, 1.165) is 0 Å². The van der Waals surface area contributed by atoms with E-state index in [1.807, 2.05) is 0 Å². The molecule has 0 saturated carbocycles. The molecule has 0 unspecified atom stereocenters. The summed E-state index contributed by atoms with van der Waals surface area (Å²) in [5.41, 5.74) is 1.21. The van der Waals surface area contributed by atoms with Crippen molar-refractivity contribution in [3.8, 4) is 0 Å². The quantitative estimate of drug-likeness (QED) is 0.721. The van der Waals surface area contributed by atoms with Crippen LogP contribution in [0.3, 0.4) is 0 Å². The van der Waals surface area contributed by atoms with Crippen molar-refractivity contribution in [1.82, 2.24) is 14.6 Å². The predicted molar refractivity (Wildman–Crippen MR) is 67.7 cm³/mol. The zero-order valence-electron chi connectivity index (χ0n) is 9.14. The van der Waals surface area contributed by atoms with Crippen molar-refractivity contribution < 1.29 is 4.39 Å². The van der Waals surface area contributed by atoms with Gasteiger partial charge in [-0.2, -0.15) is 0 Å². The maximum atomic E-state index is 13.1. The third kappa shape index (κ3) is 1.89. The van der Waals surface area contributed by atoms with Gasteiger partial charge in [-0.1, -0.05) is 23.7 Å². The van der Waals surface area contributed by atoms with Crippen molar-refractivity contribution >= 4 is 28.9 Å². The number of hydrogen-bond donors (Lipinski definition) is 1. The summed E-state index contributed by atoms with van der Waals surface area (Å²) in [7, 11) is 0. The van der Waals surface area contributed by atoms with E-state index in [0.29, 0.717) is 22.4 Å². The summed E-state index contributed by atoms with van der Waals surface area (Å²) < 4.78 is 14.7. The largest absolute Gasteiger partial charge is 0.324 e. The zero-order valence-corrected chi connectivity index (χ0v) is 9.89. The second-order valence-electron chi connectivity index (χ2n) is 3.70. The number of rotatable bonds is 2. The van der Waals surface area contributed by atoms with Crippen molar-refractivity contribution in [3.63, 3.8) is 0 Å². The third-order valence-electron chi connectivity index (χ3n) is 2.46. The highest BCUT2D eigenvalue weighted by Crippen LogP contribution is 2.20. The van der Waals surface area contributed by atoms with Gasteiger partial charge in [0.25, 0.3) is 0 Å². The standard InChI is InChI=1S/C12H8ClFN4/c13-10-5-2-6-11-16-17-12(18(10)11)15-9-4-1-3-8(14)7-9/h1-7H,(H,15,17). The van der Waals surface area contributed by atoms with Gasteiger partial charge in [0.05, 0.1) is 0 Å². The fraction of sp³-hybridized carbons (Fsp3) is 0. The first-order chi connectivity index (χ1) is 8.74. The maximum Gasteiger partial charge on any atom is 0.234 e. The molecule has 0 aliphatic carbocycles. The summed E-state index contributed by atoms with van der Waals surface area (Å²) in [6, 6.07) is 11.4. The Balaban J connectivity index is 2.05. The van der Waals surface area contributed by atoms with E-state index in [9.17, 15) is 4.39 Å². The fourth-order valence-electron chi connectivity index (χ4n) is 1.68. The van der Waals surface area contributed by atoms with Crippen molar-refractivity contribution in [2.24, 2.45) is 0 Å². The molecule has 1 aromatic carbocycles. The number of nitrogens with one attached hydrogen (secondary N) is 1. The van der Waals surface area contributed by atoms with E-state index in [2.05, 4.69) is 15.5 Å². The Morgan fingerprint density at radius 1 is 1.11 bits per heavy atom. The molecule has 0 aliphatic heterocycles. The van der Waals surface area contributed by atoms with E-state index >= 15 is 0 Å². The van der Waals surface area contributed by atoms with Crippen molar-refractivity contribution in [2.75, 3.05) is 5.32 Å². The molecule has 0 amide bonds. The number of halogens is 2. The van der Waals surface area contributed by atoms with Crippen LogP contribution < -0.4 is 5.32 Å². The van der Waals surface area contributed by atoms with Gasteiger partial charge >= 0.3 is 0 Å². The monoisotopic (exact) mass is 262 g/mol. The molecule has 2 heterocycles. The van der Waals surface area contributed by atoms with E-state index < -0.39 is 0 Å². The number of pyridine rings is 1. The predicted octanol–water partition coefficient (Wildman–Crippen LogP) is 3.27. The number of nitrogens with zero attached hydrogens (tertiary/aromatic N) is 3. The van der Waals surface area contributed by atoms with E-state index in [1.54, 1.807) is 34.7 Å². The first-order valence-corrected chi connectivity index (χ1v) is 5.64. The van der Waals surface area contributed by atoms with Gasteiger partial charge in [-0.25, -0.2) is 4.39 Å². The molecule has 6 heteroatoms. The lowest BCUT2D eigenvalue weighted by molar-refractivity contribution is 0.628. The number of hydrogen-bond acceptors (Lipinski definition) is 3. The van der Waals surface area contributed by atoms with Crippen LogP contribution in [0.25, 0.3) is 5.65 Å². The Hall–Kier alpha value is -2.14. The summed E-state index contributed by atoms with van der Waals surface area (Å²) in [5, 5.41) is 11.4. The van der Waals surface area contributed by atoms with E-state index in [1.165, 1.54) is 12.1 Å². The lowest BCUT2D eigenvalue weighted by atomic mass is 10.3. The van der Waals surface area contributed by atoms with Crippen molar-refractivity contribution in [2.45, 2.75) is 0 Å². The molecule has 90 valence electrons. The number of anilines is 2. The first kappa shape index (κ1) is 11.0. The van der Waals surface area contributed by atoms with Gasteiger partial charge in [-0.15, -0.1) is 10.2 Å². The minimum Gasteiger partial charge on any atom is -0.324 e. The van der Waals surface area contributed by atoms with Crippen LogP contribution in [0.4, 0.5) is 16.0 Å². The van der Waals surface area contributed by atoms with Crippen LogP contribution in [0.1, 0.15) is 0 Å². The highest BCUT2D eigenvalue weighted by Gasteiger charge is 2.08. The van der Waals surface area contributed by atoms with Crippen LogP contribution in [0, 0.1) is 5.82 Å². The van der Waals surface area contributed by atoms with Crippen LogP contribution in [-0.4, -0.2) is 14.6 Å². The minimum absolute atomic E-state index is 0.320.